The second-order valence-electron chi connectivity index (χ2n) is 5.34. The predicted molar refractivity (Wildman–Crippen MR) is 73.4 cm³/mol. The topological polar surface area (TPSA) is 32.3 Å². The Morgan fingerprint density at radius 2 is 2.05 bits per heavy atom. The molecule has 0 radical (unpaired) electrons. The number of benzene rings is 1. The lowest BCUT2D eigenvalue weighted by Crippen LogP contribution is -2.28. The van der Waals surface area contributed by atoms with E-state index in [0.29, 0.717) is 12.0 Å². The molecule has 1 N–H and O–H groups in total. The number of unbranched alkanes of at least 4 members (excludes halogenated alkanes) is 1. The van der Waals surface area contributed by atoms with Crippen molar-refractivity contribution in [3.05, 3.63) is 35.4 Å². The lowest BCUT2D eigenvalue weighted by atomic mass is 10.1. The third-order valence-electron chi connectivity index (χ3n) is 3.77. The Hall–Kier alpha value is -1.56. The highest BCUT2D eigenvalue weighted by molar-refractivity contribution is 5.84. The van der Waals surface area contributed by atoms with E-state index in [9.17, 15) is 18.0 Å². The summed E-state index contributed by atoms with van der Waals surface area (Å²) in [6.45, 7) is 2.04. The van der Waals surface area contributed by atoms with Crippen molar-refractivity contribution >= 4 is 5.91 Å². The number of hydrogen-bond acceptors (Lipinski definition) is 2. The number of nitrogens with zero attached hydrogens (tertiary/aromatic N) is 1. The van der Waals surface area contributed by atoms with E-state index >= 15 is 0 Å². The fraction of sp³-hybridized carbons (Fsp3) is 0.533. The molecule has 1 saturated heterocycles. The molecule has 2 unspecified atom stereocenters. The van der Waals surface area contributed by atoms with Gasteiger partial charge in [0, 0.05) is 7.05 Å². The highest BCUT2D eigenvalue weighted by Crippen LogP contribution is 2.32. The Kier molecular flexibility index (Phi) is 4.56. The van der Waals surface area contributed by atoms with Crippen LogP contribution in [0.15, 0.2) is 24.3 Å². The Morgan fingerprint density at radius 3 is 2.67 bits per heavy atom. The number of rotatable bonds is 4. The minimum atomic E-state index is -4.38. The normalized spacial score (nSPS) is 22.9. The molecule has 1 aliphatic rings. The van der Waals surface area contributed by atoms with Crippen molar-refractivity contribution in [2.75, 3.05) is 7.05 Å². The first kappa shape index (κ1) is 15.8. The molecule has 6 heteroatoms. The molecule has 116 valence electrons. The van der Waals surface area contributed by atoms with Crippen LogP contribution in [-0.4, -0.2) is 23.9 Å². The van der Waals surface area contributed by atoms with Gasteiger partial charge in [0.2, 0.25) is 5.91 Å². The van der Waals surface area contributed by atoms with Crippen LogP contribution in [0.5, 0.6) is 0 Å². The minimum absolute atomic E-state index is 0.0640. The fourth-order valence-corrected chi connectivity index (χ4v) is 2.57. The Morgan fingerprint density at radius 1 is 1.33 bits per heavy atom. The molecule has 0 spiro atoms. The number of likely N-dealkylation sites (N-methyl/N-ethyl adjacent to an activating group) is 1. The molecule has 2 atom stereocenters. The van der Waals surface area contributed by atoms with Gasteiger partial charge in [0.15, 0.2) is 0 Å². The monoisotopic (exact) mass is 300 g/mol. The van der Waals surface area contributed by atoms with E-state index in [2.05, 4.69) is 5.32 Å². The summed E-state index contributed by atoms with van der Waals surface area (Å²) in [5.74, 6) is -0.0640. The van der Waals surface area contributed by atoms with Gasteiger partial charge in [0.1, 0.15) is 6.17 Å². The molecule has 0 aromatic heterocycles. The zero-order chi connectivity index (χ0) is 15.6. The second-order valence-corrected chi connectivity index (χ2v) is 5.34. The van der Waals surface area contributed by atoms with Gasteiger partial charge in [-0.2, -0.15) is 13.2 Å². The first-order valence-electron chi connectivity index (χ1n) is 7.04. The number of amides is 1. The van der Waals surface area contributed by atoms with Crippen LogP contribution in [0.2, 0.25) is 0 Å². The molecule has 21 heavy (non-hydrogen) atoms. The van der Waals surface area contributed by atoms with Crippen molar-refractivity contribution < 1.29 is 18.0 Å². The van der Waals surface area contributed by atoms with Crippen LogP contribution in [0.25, 0.3) is 0 Å². The molecule has 0 saturated carbocycles. The average molecular weight is 300 g/mol. The number of carbonyl (C=O) groups excluding carboxylic acids is 1. The van der Waals surface area contributed by atoms with Gasteiger partial charge in [-0.1, -0.05) is 31.9 Å². The predicted octanol–water partition coefficient (Wildman–Crippen LogP) is 3.32. The van der Waals surface area contributed by atoms with Crippen LogP contribution in [0.3, 0.4) is 0 Å². The summed E-state index contributed by atoms with van der Waals surface area (Å²) >= 11 is 0. The first-order valence-corrected chi connectivity index (χ1v) is 7.04. The summed E-state index contributed by atoms with van der Waals surface area (Å²) in [4.78, 5) is 13.6. The molecule has 1 fully saturated rings. The smallest absolute Gasteiger partial charge is 0.325 e. The van der Waals surface area contributed by atoms with E-state index in [4.69, 9.17) is 0 Å². The van der Waals surface area contributed by atoms with Gasteiger partial charge in [-0.25, -0.2) is 0 Å². The highest BCUT2D eigenvalue weighted by atomic mass is 19.4. The lowest BCUT2D eigenvalue weighted by molar-refractivity contribution is -0.137. The van der Waals surface area contributed by atoms with Crippen molar-refractivity contribution in [2.45, 2.75) is 44.6 Å². The van der Waals surface area contributed by atoms with Gasteiger partial charge in [0.25, 0.3) is 0 Å². The molecule has 1 heterocycles. The maximum atomic E-state index is 12.8. The average Bonchev–Trinajstić information content (AvgIpc) is 2.72. The molecule has 2 rings (SSSR count). The van der Waals surface area contributed by atoms with Gasteiger partial charge in [0.05, 0.1) is 11.6 Å². The summed E-state index contributed by atoms with van der Waals surface area (Å²) < 4.78 is 38.3. The molecule has 0 bridgehead atoms. The van der Waals surface area contributed by atoms with E-state index in [-0.39, 0.29) is 11.9 Å². The quantitative estimate of drug-likeness (QED) is 0.925. The lowest BCUT2D eigenvalue weighted by Gasteiger charge is -2.20. The standard InChI is InChI=1S/C15H19F3N2O/c1-3-4-8-12-14(21)20(2)13(19-12)10-6-5-7-11(9-10)15(16,17)18/h5-7,9,12-13,19H,3-4,8H2,1-2H3. The molecular weight excluding hydrogens is 281 g/mol. The van der Waals surface area contributed by atoms with Crippen LogP contribution in [0.4, 0.5) is 13.2 Å². The zero-order valence-electron chi connectivity index (χ0n) is 12.1. The fourth-order valence-electron chi connectivity index (χ4n) is 2.57. The van der Waals surface area contributed by atoms with Crippen molar-refractivity contribution in [1.29, 1.82) is 0 Å². The molecule has 1 amide bonds. The Bertz CT molecular complexity index is 516. The van der Waals surface area contributed by atoms with Crippen LogP contribution < -0.4 is 5.32 Å². The summed E-state index contributed by atoms with van der Waals surface area (Å²) in [5.41, 5.74) is -0.237. The van der Waals surface area contributed by atoms with Gasteiger partial charge in [-0.3, -0.25) is 10.1 Å². The molecule has 1 aliphatic heterocycles. The number of halogens is 3. The molecular formula is C15H19F3N2O. The highest BCUT2D eigenvalue weighted by Gasteiger charge is 2.38. The van der Waals surface area contributed by atoms with Gasteiger partial charge >= 0.3 is 6.18 Å². The Labute approximate surface area is 122 Å². The molecule has 1 aromatic rings. The third kappa shape index (κ3) is 3.37. The summed E-state index contributed by atoms with van der Waals surface area (Å²) in [6.07, 6.45) is -2.29. The largest absolute Gasteiger partial charge is 0.416 e. The van der Waals surface area contributed by atoms with Crippen molar-refractivity contribution in [3.63, 3.8) is 0 Å². The van der Waals surface area contributed by atoms with Crippen molar-refractivity contribution in [1.82, 2.24) is 10.2 Å². The van der Waals surface area contributed by atoms with Crippen LogP contribution in [0.1, 0.15) is 43.5 Å². The zero-order valence-corrected chi connectivity index (χ0v) is 12.1. The van der Waals surface area contributed by atoms with E-state index in [1.807, 2.05) is 6.92 Å². The summed E-state index contributed by atoms with van der Waals surface area (Å²) in [7, 11) is 1.62. The van der Waals surface area contributed by atoms with Gasteiger partial charge in [-0.15, -0.1) is 0 Å². The van der Waals surface area contributed by atoms with E-state index < -0.39 is 17.9 Å². The number of carbonyl (C=O) groups is 1. The third-order valence-corrected chi connectivity index (χ3v) is 3.77. The Balaban J connectivity index is 2.20. The van der Waals surface area contributed by atoms with Gasteiger partial charge < -0.3 is 4.90 Å². The van der Waals surface area contributed by atoms with Crippen LogP contribution in [0, 0.1) is 0 Å². The van der Waals surface area contributed by atoms with Crippen LogP contribution >= 0.6 is 0 Å². The number of alkyl halides is 3. The van der Waals surface area contributed by atoms with E-state index in [0.717, 1.165) is 25.0 Å². The molecule has 1 aromatic carbocycles. The minimum Gasteiger partial charge on any atom is -0.325 e. The maximum absolute atomic E-state index is 12.8. The molecule has 0 aliphatic carbocycles. The number of hydrogen-bond donors (Lipinski definition) is 1. The SMILES string of the molecule is CCCCC1NC(c2cccc(C(F)(F)F)c2)N(C)C1=O. The van der Waals surface area contributed by atoms with Crippen molar-refractivity contribution in [2.24, 2.45) is 0 Å². The van der Waals surface area contributed by atoms with Crippen LogP contribution in [-0.2, 0) is 11.0 Å². The summed E-state index contributed by atoms with van der Waals surface area (Å²) in [6, 6.07) is 4.81. The number of nitrogens with one attached hydrogen (secondary N) is 1. The summed E-state index contributed by atoms with van der Waals surface area (Å²) in [5, 5.41) is 3.13. The first-order chi connectivity index (χ1) is 9.84. The van der Waals surface area contributed by atoms with E-state index in [1.54, 1.807) is 13.1 Å². The van der Waals surface area contributed by atoms with E-state index in [1.165, 1.54) is 11.0 Å². The molecule has 3 nitrogen and oxygen atoms in total. The second kappa shape index (κ2) is 6.05. The van der Waals surface area contributed by atoms with Crippen molar-refractivity contribution in [3.8, 4) is 0 Å². The maximum Gasteiger partial charge on any atom is 0.416 e. The van der Waals surface area contributed by atoms with Gasteiger partial charge in [-0.05, 0) is 24.1 Å².